The lowest BCUT2D eigenvalue weighted by molar-refractivity contribution is 0.629. The van der Waals surface area contributed by atoms with Crippen LogP contribution in [0.25, 0.3) is 22.2 Å². The smallest absolute Gasteiger partial charge is 0.131 e. The first kappa shape index (κ1) is 16.8. The number of nitrogens with zero attached hydrogens (tertiary/aromatic N) is 4. The molecule has 4 aromatic rings. The number of nitrogen functional groups attached to an aromatic ring is 1. The predicted octanol–water partition coefficient (Wildman–Crippen LogP) is 3.98. The highest BCUT2D eigenvalue weighted by molar-refractivity contribution is 5.84. The molecule has 3 aromatic heterocycles. The van der Waals surface area contributed by atoms with Gasteiger partial charge in [0.15, 0.2) is 0 Å². The molecule has 0 fully saturated rings. The van der Waals surface area contributed by atoms with E-state index in [1.54, 1.807) is 18.3 Å². The van der Waals surface area contributed by atoms with Gasteiger partial charge in [-0.2, -0.15) is 0 Å². The van der Waals surface area contributed by atoms with Gasteiger partial charge in [-0.25, -0.2) is 19.3 Å². The van der Waals surface area contributed by atoms with Crippen molar-refractivity contribution in [1.82, 2.24) is 19.9 Å². The maximum absolute atomic E-state index is 13.7. The molecule has 0 radical (unpaired) electrons. The quantitative estimate of drug-likeness (QED) is 0.572. The van der Waals surface area contributed by atoms with Gasteiger partial charge in [-0.1, -0.05) is 6.07 Å². The van der Waals surface area contributed by atoms with E-state index in [0.717, 1.165) is 22.3 Å². The number of nitrogens with one attached hydrogen (secondary N) is 1. The second kappa shape index (κ2) is 6.95. The van der Waals surface area contributed by atoms with Crippen molar-refractivity contribution in [2.75, 3.05) is 11.1 Å². The van der Waals surface area contributed by atoms with E-state index >= 15 is 0 Å². The largest absolute Gasteiger partial charge is 0.384 e. The van der Waals surface area contributed by atoms with Crippen LogP contribution < -0.4 is 11.1 Å². The molecule has 0 aliphatic carbocycles. The number of rotatable bonds is 4. The molecule has 27 heavy (non-hydrogen) atoms. The van der Waals surface area contributed by atoms with Gasteiger partial charge in [-0.15, -0.1) is 0 Å². The Bertz CT molecular complexity index is 1100. The summed E-state index contributed by atoms with van der Waals surface area (Å²) in [5.41, 5.74) is 8.82. The van der Waals surface area contributed by atoms with Crippen LogP contribution in [-0.2, 0) is 0 Å². The highest BCUT2D eigenvalue weighted by Gasteiger charge is 2.17. The molecule has 0 aliphatic rings. The van der Waals surface area contributed by atoms with Crippen LogP contribution in [0.3, 0.4) is 0 Å². The molecule has 1 atom stereocenters. The monoisotopic (exact) mass is 360 g/mol. The summed E-state index contributed by atoms with van der Waals surface area (Å²) in [6.07, 6.45) is 3.12. The molecule has 0 saturated carbocycles. The van der Waals surface area contributed by atoms with Crippen molar-refractivity contribution in [3.63, 3.8) is 0 Å². The number of anilines is 2. The van der Waals surface area contributed by atoms with Crippen LogP contribution in [0.2, 0.25) is 0 Å². The van der Waals surface area contributed by atoms with Crippen molar-refractivity contribution in [2.45, 2.75) is 13.0 Å². The maximum Gasteiger partial charge on any atom is 0.131 e. The van der Waals surface area contributed by atoms with E-state index in [2.05, 4.69) is 20.3 Å². The van der Waals surface area contributed by atoms with Crippen molar-refractivity contribution in [1.29, 1.82) is 0 Å². The van der Waals surface area contributed by atoms with E-state index in [4.69, 9.17) is 10.7 Å². The summed E-state index contributed by atoms with van der Waals surface area (Å²) in [5.74, 6) is 0.682. The lowest BCUT2D eigenvalue weighted by Crippen LogP contribution is -2.12. The molecule has 4 rings (SSSR count). The molecule has 0 aliphatic heterocycles. The zero-order chi connectivity index (χ0) is 18.8. The first-order valence-electron chi connectivity index (χ1n) is 8.46. The zero-order valence-corrected chi connectivity index (χ0v) is 14.6. The molecule has 1 aromatic carbocycles. The van der Waals surface area contributed by atoms with Gasteiger partial charge in [0.1, 0.15) is 23.8 Å². The molecule has 0 amide bonds. The number of hydrogen-bond donors (Lipinski definition) is 2. The summed E-state index contributed by atoms with van der Waals surface area (Å²) >= 11 is 0. The molecular formula is C20H17FN6. The zero-order valence-electron chi connectivity index (χ0n) is 14.6. The number of pyridine rings is 2. The molecule has 0 spiro atoms. The molecule has 3 N–H and O–H groups in total. The van der Waals surface area contributed by atoms with E-state index in [-0.39, 0.29) is 11.9 Å². The third-order valence-corrected chi connectivity index (χ3v) is 4.21. The summed E-state index contributed by atoms with van der Waals surface area (Å²) in [4.78, 5) is 17.3. The fourth-order valence-corrected chi connectivity index (χ4v) is 2.96. The van der Waals surface area contributed by atoms with E-state index in [1.165, 1.54) is 18.5 Å². The molecule has 7 heteroatoms. The third kappa shape index (κ3) is 3.52. The number of aromatic nitrogens is 4. The van der Waals surface area contributed by atoms with Crippen molar-refractivity contribution < 1.29 is 4.39 Å². The summed E-state index contributed by atoms with van der Waals surface area (Å²) in [6, 6.07) is 13.6. The lowest BCUT2D eigenvalue weighted by atomic mass is 10.0. The Morgan fingerprint density at radius 1 is 1.04 bits per heavy atom. The second-order valence-corrected chi connectivity index (χ2v) is 6.17. The van der Waals surface area contributed by atoms with Gasteiger partial charge in [-0.3, -0.25) is 4.98 Å². The Morgan fingerprint density at radius 3 is 2.70 bits per heavy atom. The van der Waals surface area contributed by atoms with E-state index < -0.39 is 0 Å². The lowest BCUT2D eigenvalue weighted by Gasteiger charge is -2.18. The van der Waals surface area contributed by atoms with Crippen molar-refractivity contribution in [3.05, 3.63) is 72.6 Å². The SMILES string of the molecule is CC(Nc1cc(N)ncn1)c1nc2ccc(F)cc2cc1-c1ccccn1. The molecule has 0 saturated heterocycles. The van der Waals surface area contributed by atoms with Crippen LogP contribution in [0.5, 0.6) is 0 Å². The standard InChI is InChI=1S/C20H17FN6/c1-12(26-19-10-18(22)24-11-25-19)20-15(17-4-2-3-7-23-17)9-13-8-14(21)5-6-16(13)27-20/h2-12H,1H3,(H3,22,24,25,26). The molecule has 1 unspecified atom stereocenters. The van der Waals surface area contributed by atoms with Crippen LogP contribution in [0.15, 0.2) is 61.1 Å². The van der Waals surface area contributed by atoms with E-state index in [9.17, 15) is 4.39 Å². The van der Waals surface area contributed by atoms with E-state index in [0.29, 0.717) is 17.2 Å². The molecule has 0 bridgehead atoms. The van der Waals surface area contributed by atoms with Crippen molar-refractivity contribution >= 4 is 22.5 Å². The average Bonchev–Trinajstić information content (AvgIpc) is 2.67. The van der Waals surface area contributed by atoms with Gasteiger partial charge in [0, 0.05) is 23.2 Å². The Balaban J connectivity index is 1.83. The van der Waals surface area contributed by atoms with Crippen LogP contribution in [0.1, 0.15) is 18.7 Å². The van der Waals surface area contributed by atoms with Crippen molar-refractivity contribution in [2.24, 2.45) is 0 Å². The third-order valence-electron chi connectivity index (χ3n) is 4.21. The molecular weight excluding hydrogens is 343 g/mol. The summed E-state index contributed by atoms with van der Waals surface area (Å²) in [6.45, 7) is 1.97. The minimum absolute atomic E-state index is 0.189. The van der Waals surface area contributed by atoms with E-state index in [1.807, 2.05) is 31.2 Å². The Kier molecular flexibility index (Phi) is 4.33. The van der Waals surface area contributed by atoms with Gasteiger partial charge >= 0.3 is 0 Å². The highest BCUT2D eigenvalue weighted by atomic mass is 19.1. The van der Waals surface area contributed by atoms with Crippen LogP contribution in [0.4, 0.5) is 16.0 Å². The molecule has 3 heterocycles. The van der Waals surface area contributed by atoms with Gasteiger partial charge < -0.3 is 11.1 Å². The Morgan fingerprint density at radius 2 is 1.93 bits per heavy atom. The van der Waals surface area contributed by atoms with Crippen molar-refractivity contribution in [3.8, 4) is 11.3 Å². The second-order valence-electron chi connectivity index (χ2n) is 6.17. The van der Waals surface area contributed by atoms with Crippen LogP contribution in [0, 0.1) is 5.82 Å². The summed E-state index contributed by atoms with van der Waals surface area (Å²) < 4.78 is 13.7. The summed E-state index contributed by atoms with van der Waals surface area (Å²) in [7, 11) is 0. The predicted molar refractivity (Wildman–Crippen MR) is 103 cm³/mol. The highest BCUT2D eigenvalue weighted by Crippen LogP contribution is 2.30. The van der Waals surface area contributed by atoms with Gasteiger partial charge in [-0.05, 0) is 43.3 Å². The fourth-order valence-electron chi connectivity index (χ4n) is 2.96. The number of hydrogen-bond acceptors (Lipinski definition) is 6. The average molecular weight is 360 g/mol. The van der Waals surface area contributed by atoms with Gasteiger partial charge in [0.25, 0.3) is 0 Å². The van der Waals surface area contributed by atoms with Crippen LogP contribution >= 0.6 is 0 Å². The minimum Gasteiger partial charge on any atom is -0.384 e. The van der Waals surface area contributed by atoms with Gasteiger partial charge in [0.2, 0.25) is 0 Å². The number of benzene rings is 1. The normalized spacial score (nSPS) is 12.1. The van der Waals surface area contributed by atoms with Crippen LogP contribution in [-0.4, -0.2) is 19.9 Å². The fraction of sp³-hybridized carbons (Fsp3) is 0.100. The number of halogens is 1. The number of nitrogens with two attached hydrogens (primary N) is 1. The van der Waals surface area contributed by atoms with Gasteiger partial charge in [0.05, 0.1) is 22.9 Å². The summed E-state index contributed by atoms with van der Waals surface area (Å²) in [5, 5.41) is 4.01. The topological polar surface area (TPSA) is 89.6 Å². The first-order chi connectivity index (χ1) is 13.1. The molecule has 6 nitrogen and oxygen atoms in total. The maximum atomic E-state index is 13.7. The Labute approximate surface area is 155 Å². The first-order valence-corrected chi connectivity index (χ1v) is 8.46. The minimum atomic E-state index is -0.299. The Hall–Kier alpha value is -3.61. The molecule has 134 valence electrons. The number of fused-ring (bicyclic) bond motifs is 1.